The Hall–Kier alpha value is -0.610. The fourth-order valence-corrected chi connectivity index (χ4v) is 1.62. The lowest BCUT2D eigenvalue weighted by Crippen LogP contribution is -2.48. The third-order valence-electron chi connectivity index (χ3n) is 2.01. The Balaban J connectivity index is 2.64. The minimum Gasteiger partial charge on any atom is -0.479 e. The van der Waals surface area contributed by atoms with Gasteiger partial charge in [-0.3, -0.25) is 0 Å². The predicted octanol–water partition coefficient (Wildman–Crippen LogP) is 0.356. The van der Waals surface area contributed by atoms with Crippen molar-refractivity contribution >= 4 is 5.97 Å². The molecule has 0 aromatic carbocycles. The van der Waals surface area contributed by atoms with Gasteiger partial charge in [-0.15, -0.1) is 0 Å². The lowest BCUT2D eigenvalue weighted by atomic mass is 9.91. The highest BCUT2D eigenvalue weighted by Crippen LogP contribution is 2.27. The van der Waals surface area contributed by atoms with E-state index in [0.717, 1.165) is 6.42 Å². The summed E-state index contributed by atoms with van der Waals surface area (Å²) in [6.45, 7) is 3.73. The van der Waals surface area contributed by atoms with E-state index in [1.807, 2.05) is 13.8 Å². The van der Waals surface area contributed by atoms with Gasteiger partial charge in [0.25, 0.3) is 0 Å². The van der Waals surface area contributed by atoms with E-state index < -0.39 is 17.7 Å². The normalized spacial score (nSPS) is 34.6. The predicted molar refractivity (Wildman–Crippen MR) is 43.8 cm³/mol. The second-order valence-corrected chi connectivity index (χ2v) is 3.90. The zero-order valence-corrected chi connectivity index (χ0v) is 7.41. The van der Waals surface area contributed by atoms with Crippen LogP contribution < -0.4 is 5.73 Å². The number of carbonyl (C=O) groups is 1. The number of aliphatic carboxylic acids is 1. The molecule has 3 N–H and O–H groups in total. The maximum Gasteiger partial charge on any atom is 0.332 e. The minimum atomic E-state index is -0.918. The van der Waals surface area contributed by atoms with E-state index in [-0.39, 0.29) is 6.04 Å². The van der Waals surface area contributed by atoms with Gasteiger partial charge in [-0.1, -0.05) is 0 Å². The third-order valence-corrected chi connectivity index (χ3v) is 2.01. The number of ether oxygens (including phenoxy) is 1. The fourth-order valence-electron chi connectivity index (χ4n) is 1.62. The van der Waals surface area contributed by atoms with Gasteiger partial charge in [0.15, 0.2) is 6.10 Å². The molecule has 1 aliphatic rings. The van der Waals surface area contributed by atoms with Crippen LogP contribution in [0.1, 0.15) is 26.7 Å². The Morgan fingerprint density at radius 3 is 2.67 bits per heavy atom. The highest BCUT2D eigenvalue weighted by Gasteiger charge is 2.36. The lowest BCUT2D eigenvalue weighted by Gasteiger charge is -2.37. The molecule has 2 unspecified atom stereocenters. The second-order valence-electron chi connectivity index (χ2n) is 3.90. The summed E-state index contributed by atoms with van der Waals surface area (Å²) in [4.78, 5) is 10.6. The molecule has 0 spiro atoms. The molecule has 2 atom stereocenters. The molecule has 0 radical (unpaired) electrons. The molecule has 0 aromatic rings. The average molecular weight is 173 g/mol. The van der Waals surface area contributed by atoms with Crippen LogP contribution in [0.15, 0.2) is 0 Å². The maximum atomic E-state index is 10.6. The van der Waals surface area contributed by atoms with E-state index in [0.29, 0.717) is 6.42 Å². The van der Waals surface area contributed by atoms with Gasteiger partial charge in [0, 0.05) is 6.04 Å². The van der Waals surface area contributed by atoms with Gasteiger partial charge in [0.1, 0.15) is 0 Å². The summed E-state index contributed by atoms with van der Waals surface area (Å²) in [6.07, 6.45) is 0.402. The molecule has 12 heavy (non-hydrogen) atoms. The van der Waals surface area contributed by atoms with Crippen molar-refractivity contribution in [3.63, 3.8) is 0 Å². The van der Waals surface area contributed by atoms with Crippen molar-refractivity contribution in [1.29, 1.82) is 0 Å². The Morgan fingerprint density at radius 2 is 2.25 bits per heavy atom. The van der Waals surface area contributed by atoms with Gasteiger partial charge < -0.3 is 15.6 Å². The first-order chi connectivity index (χ1) is 5.41. The molecular formula is C8H15NO3. The van der Waals surface area contributed by atoms with Crippen molar-refractivity contribution in [3.8, 4) is 0 Å². The lowest BCUT2D eigenvalue weighted by molar-refractivity contribution is -0.171. The van der Waals surface area contributed by atoms with Gasteiger partial charge in [-0.2, -0.15) is 0 Å². The summed E-state index contributed by atoms with van der Waals surface area (Å²) in [5.41, 5.74) is 5.29. The Labute approximate surface area is 71.7 Å². The van der Waals surface area contributed by atoms with E-state index in [2.05, 4.69) is 0 Å². The third kappa shape index (κ3) is 2.19. The van der Waals surface area contributed by atoms with Gasteiger partial charge in [0.05, 0.1) is 5.60 Å². The Bertz CT molecular complexity index is 191. The monoisotopic (exact) mass is 173 g/mol. The quantitative estimate of drug-likeness (QED) is 0.600. The van der Waals surface area contributed by atoms with E-state index >= 15 is 0 Å². The van der Waals surface area contributed by atoms with Crippen LogP contribution in [-0.2, 0) is 9.53 Å². The molecule has 1 rings (SSSR count). The Morgan fingerprint density at radius 1 is 1.67 bits per heavy atom. The van der Waals surface area contributed by atoms with Crippen LogP contribution >= 0.6 is 0 Å². The molecule has 0 amide bonds. The van der Waals surface area contributed by atoms with Gasteiger partial charge >= 0.3 is 5.97 Å². The van der Waals surface area contributed by atoms with Gasteiger partial charge in [-0.05, 0) is 26.7 Å². The number of nitrogens with two attached hydrogens (primary N) is 1. The van der Waals surface area contributed by atoms with Crippen molar-refractivity contribution in [2.75, 3.05) is 0 Å². The van der Waals surface area contributed by atoms with Crippen molar-refractivity contribution in [2.24, 2.45) is 5.73 Å². The summed E-state index contributed by atoms with van der Waals surface area (Å²) in [5.74, 6) is -0.918. The van der Waals surface area contributed by atoms with E-state index in [1.165, 1.54) is 0 Å². The van der Waals surface area contributed by atoms with Crippen molar-refractivity contribution in [2.45, 2.75) is 44.4 Å². The molecule has 0 aliphatic carbocycles. The molecule has 4 heteroatoms. The first-order valence-corrected chi connectivity index (χ1v) is 4.07. The molecule has 1 saturated heterocycles. The minimum absolute atomic E-state index is 0.0603. The average Bonchev–Trinajstić information content (AvgIpc) is 1.82. The van der Waals surface area contributed by atoms with Crippen LogP contribution in [0.3, 0.4) is 0 Å². The SMILES string of the molecule is CC1(C)CC(N)CC(C(=O)O)O1. The largest absolute Gasteiger partial charge is 0.479 e. The number of hydrogen-bond donors (Lipinski definition) is 2. The molecule has 70 valence electrons. The van der Waals surface area contributed by atoms with Crippen LogP contribution in [0.2, 0.25) is 0 Å². The van der Waals surface area contributed by atoms with Crippen LogP contribution in [0, 0.1) is 0 Å². The molecule has 1 fully saturated rings. The molecule has 0 saturated carbocycles. The second kappa shape index (κ2) is 3.03. The smallest absolute Gasteiger partial charge is 0.332 e. The Kier molecular flexibility index (Phi) is 2.39. The summed E-state index contributed by atoms with van der Waals surface area (Å²) in [7, 11) is 0. The number of rotatable bonds is 1. The molecule has 1 heterocycles. The van der Waals surface area contributed by atoms with E-state index in [4.69, 9.17) is 15.6 Å². The molecule has 4 nitrogen and oxygen atoms in total. The number of carboxylic acid groups (broad SMARTS) is 1. The van der Waals surface area contributed by atoms with Gasteiger partial charge in [-0.25, -0.2) is 4.79 Å². The highest BCUT2D eigenvalue weighted by atomic mass is 16.5. The number of carboxylic acids is 1. The summed E-state index contributed by atoms with van der Waals surface area (Å²) < 4.78 is 5.33. The molecule has 0 aromatic heterocycles. The zero-order chi connectivity index (χ0) is 9.35. The summed E-state index contributed by atoms with van der Waals surface area (Å²) in [5, 5.41) is 8.71. The van der Waals surface area contributed by atoms with Crippen molar-refractivity contribution in [3.05, 3.63) is 0 Å². The van der Waals surface area contributed by atoms with Crippen LogP contribution in [0.5, 0.6) is 0 Å². The van der Waals surface area contributed by atoms with Crippen LogP contribution in [-0.4, -0.2) is 28.8 Å². The standard InChI is InChI=1S/C8H15NO3/c1-8(2)4-5(9)3-6(12-8)7(10)11/h5-6H,3-4,9H2,1-2H3,(H,10,11). The van der Waals surface area contributed by atoms with Crippen LogP contribution in [0.4, 0.5) is 0 Å². The number of hydrogen-bond acceptors (Lipinski definition) is 3. The van der Waals surface area contributed by atoms with Crippen molar-refractivity contribution in [1.82, 2.24) is 0 Å². The van der Waals surface area contributed by atoms with E-state index in [1.54, 1.807) is 0 Å². The van der Waals surface area contributed by atoms with E-state index in [9.17, 15) is 4.79 Å². The van der Waals surface area contributed by atoms with Crippen LogP contribution in [0.25, 0.3) is 0 Å². The first-order valence-electron chi connectivity index (χ1n) is 4.07. The van der Waals surface area contributed by atoms with Crippen molar-refractivity contribution < 1.29 is 14.6 Å². The maximum absolute atomic E-state index is 10.6. The highest BCUT2D eigenvalue weighted by molar-refractivity contribution is 5.72. The first kappa shape index (κ1) is 9.48. The molecule has 0 bridgehead atoms. The zero-order valence-electron chi connectivity index (χ0n) is 7.41. The van der Waals surface area contributed by atoms with Gasteiger partial charge in [0.2, 0.25) is 0 Å². The summed E-state index contributed by atoms with van der Waals surface area (Å²) >= 11 is 0. The summed E-state index contributed by atoms with van der Waals surface area (Å²) in [6, 6.07) is -0.0603. The molecule has 1 aliphatic heterocycles. The molecular weight excluding hydrogens is 158 g/mol. The topological polar surface area (TPSA) is 72.6 Å². The fraction of sp³-hybridized carbons (Fsp3) is 0.875.